The SMILES string of the molecule is C[C@H](OC(=O)c1cccnc1)[C@]1(O)CC[C@@]2(O)[C@]1(C)[C@H](OC(=O)/C=C/c1ccccc1)C[C@H]1[C@@]3(C)CC[C@H](O)CC3=CC[C@]12O. The number of rotatable bonds is 6. The molecule has 0 spiro atoms. The van der Waals surface area contributed by atoms with E-state index >= 15 is 0 Å². The van der Waals surface area contributed by atoms with Crippen molar-refractivity contribution in [3.05, 3.63) is 83.7 Å². The Morgan fingerprint density at radius 2 is 1.80 bits per heavy atom. The molecule has 45 heavy (non-hydrogen) atoms. The number of carbonyl (C=O) groups is 2. The van der Waals surface area contributed by atoms with Crippen molar-refractivity contribution in [3.63, 3.8) is 0 Å². The highest BCUT2D eigenvalue weighted by Crippen LogP contribution is 2.71. The Labute approximate surface area is 263 Å². The number of fused-ring (bicyclic) bond motifs is 5. The molecule has 2 aromatic rings. The average Bonchev–Trinajstić information content (AvgIpc) is 3.26. The Morgan fingerprint density at radius 1 is 1.04 bits per heavy atom. The minimum Gasteiger partial charge on any atom is -0.458 e. The molecule has 3 saturated carbocycles. The highest BCUT2D eigenvalue weighted by atomic mass is 16.6. The largest absolute Gasteiger partial charge is 0.458 e. The van der Waals surface area contributed by atoms with Crippen molar-refractivity contribution >= 4 is 18.0 Å². The highest BCUT2D eigenvalue weighted by Gasteiger charge is 2.81. The van der Waals surface area contributed by atoms with Gasteiger partial charge in [0.2, 0.25) is 0 Å². The van der Waals surface area contributed by atoms with Crippen LogP contribution in [0.4, 0.5) is 0 Å². The Hall–Kier alpha value is -3.37. The fourth-order valence-corrected chi connectivity index (χ4v) is 9.21. The molecule has 3 fully saturated rings. The summed E-state index contributed by atoms with van der Waals surface area (Å²) >= 11 is 0. The van der Waals surface area contributed by atoms with Gasteiger partial charge in [-0.3, -0.25) is 4.98 Å². The number of aliphatic hydroxyl groups excluding tert-OH is 1. The zero-order valence-electron chi connectivity index (χ0n) is 26.1. The number of aromatic nitrogens is 1. The molecule has 1 aromatic heterocycles. The predicted octanol–water partition coefficient (Wildman–Crippen LogP) is 4.15. The number of benzene rings is 1. The molecule has 0 amide bonds. The molecule has 4 aliphatic rings. The molecule has 6 rings (SSSR count). The standard InChI is InChI=1S/C36H43NO8/c1-23(44-31(40)25-10-7-19-37-22-25)34(41)17-18-36(43)33(34,3)29(45-30(39)12-11-24-8-5-4-6-9-24)21-28-32(2)15-14-27(38)20-26(32)13-16-35(28,36)42/h4-13,19,22-23,27-29,38,41-43H,14-18,20-21H2,1-3H3/b12-11+/t23-,27-,28-,29+,32-,33+,34+,35-,36+/m0/s1. The zero-order valence-corrected chi connectivity index (χ0v) is 26.1. The van der Waals surface area contributed by atoms with Crippen LogP contribution < -0.4 is 0 Å². The van der Waals surface area contributed by atoms with Gasteiger partial charge >= 0.3 is 11.9 Å². The first kappa shape index (κ1) is 31.6. The zero-order chi connectivity index (χ0) is 32.3. The van der Waals surface area contributed by atoms with E-state index in [9.17, 15) is 30.0 Å². The summed E-state index contributed by atoms with van der Waals surface area (Å²) in [6.45, 7) is 5.27. The third-order valence-corrected chi connectivity index (χ3v) is 12.0. The maximum absolute atomic E-state index is 13.4. The topological polar surface area (TPSA) is 146 Å². The quantitative estimate of drug-likeness (QED) is 0.213. The summed E-state index contributed by atoms with van der Waals surface area (Å²) in [5, 5.41) is 48.6. The lowest BCUT2D eigenvalue weighted by atomic mass is 9.42. The summed E-state index contributed by atoms with van der Waals surface area (Å²) in [4.78, 5) is 30.5. The summed E-state index contributed by atoms with van der Waals surface area (Å²) in [5.41, 5.74) is -5.62. The van der Waals surface area contributed by atoms with Gasteiger partial charge in [0, 0.05) is 24.4 Å². The molecule has 9 heteroatoms. The molecule has 9 nitrogen and oxygen atoms in total. The van der Waals surface area contributed by atoms with E-state index in [1.165, 1.54) is 18.5 Å². The van der Waals surface area contributed by atoms with Gasteiger partial charge < -0.3 is 29.9 Å². The van der Waals surface area contributed by atoms with Crippen LogP contribution >= 0.6 is 0 Å². The van der Waals surface area contributed by atoms with E-state index in [0.717, 1.165) is 11.1 Å². The van der Waals surface area contributed by atoms with Gasteiger partial charge in [0.1, 0.15) is 29.0 Å². The molecule has 9 atom stereocenters. The van der Waals surface area contributed by atoms with Crippen LogP contribution in [0.25, 0.3) is 6.08 Å². The summed E-state index contributed by atoms with van der Waals surface area (Å²) < 4.78 is 12.0. The van der Waals surface area contributed by atoms with Gasteiger partial charge in [0.05, 0.1) is 17.1 Å². The first-order chi connectivity index (χ1) is 21.3. The van der Waals surface area contributed by atoms with Crippen LogP contribution in [0.2, 0.25) is 0 Å². The number of hydrogen-bond acceptors (Lipinski definition) is 9. The number of aliphatic hydroxyl groups is 4. The van der Waals surface area contributed by atoms with Crippen LogP contribution in [0.1, 0.15) is 81.6 Å². The van der Waals surface area contributed by atoms with Crippen LogP contribution in [0, 0.1) is 16.7 Å². The molecule has 0 saturated heterocycles. The maximum Gasteiger partial charge on any atom is 0.340 e. The van der Waals surface area contributed by atoms with Crippen LogP contribution in [-0.2, 0) is 14.3 Å². The third-order valence-electron chi connectivity index (χ3n) is 12.0. The van der Waals surface area contributed by atoms with Crippen LogP contribution in [0.5, 0.6) is 0 Å². The lowest BCUT2D eigenvalue weighted by Gasteiger charge is -2.67. The molecule has 1 heterocycles. The fourth-order valence-electron chi connectivity index (χ4n) is 9.21. The number of esters is 2. The van der Waals surface area contributed by atoms with Crippen molar-refractivity contribution < 1.29 is 39.5 Å². The average molecular weight is 618 g/mol. The minimum absolute atomic E-state index is 0.00241. The van der Waals surface area contributed by atoms with E-state index < -0.39 is 63.8 Å². The Morgan fingerprint density at radius 3 is 2.51 bits per heavy atom. The fraction of sp³-hybridized carbons (Fsp3) is 0.528. The molecule has 0 bridgehead atoms. The second-order valence-electron chi connectivity index (χ2n) is 13.9. The van der Waals surface area contributed by atoms with Crippen molar-refractivity contribution in [2.75, 3.05) is 0 Å². The van der Waals surface area contributed by atoms with Gasteiger partial charge in [-0.25, -0.2) is 9.59 Å². The predicted molar refractivity (Wildman–Crippen MR) is 165 cm³/mol. The van der Waals surface area contributed by atoms with E-state index in [4.69, 9.17) is 9.47 Å². The Bertz CT molecular complexity index is 1510. The number of pyridine rings is 1. The summed E-state index contributed by atoms with van der Waals surface area (Å²) in [6.07, 6.45) is 7.05. The molecule has 0 aliphatic heterocycles. The Kier molecular flexibility index (Phi) is 7.84. The molecular weight excluding hydrogens is 574 g/mol. The van der Waals surface area contributed by atoms with Gasteiger partial charge in [-0.05, 0) is 81.1 Å². The highest BCUT2D eigenvalue weighted by molar-refractivity contribution is 5.89. The van der Waals surface area contributed by atoms with Crippen molar-refractivity contribution in [2.24, 2.45) is 16.7 Å². The van der Waals surface area contributed by atoms with Gasteiger partial charge in [-0.2, -0.15) is 0 Å². The van der Waals surface area contributed by atoms with Gasteiger partial charge in [-0.15, -0.1) is 0 Å². The molecule has 0 radical (unpaired) electrons. The van der Waals surface area contributed by atoms with E-state index in [2.05, 4.69) is 11.9 Å². The van der Waals surface area contributed by atoms with E-state index in [0.29, 0.717) is 19.3 Å². The molecular formula is C36H43NO8. The van der Waals surface area contributed by atoms with Crippen molar-refractivity contribution in [3.8, 4) is 0 Å². The second-order valence-corrected chi connectivity index (χ2v) is 13.9. The second kappa shape index (κ2) is 11.2. The molecule has 1 aromatic carbocycles. The Balaban J connectivity index is 1.40. The van der Waals surface area contributed by atoms with Crippen molar-refractivity contribution in [1.82, 2.24) is 4.98 Å². The van der Waals surface area contributed by atoms with E-state index in [-0.39, 0.29) is 31.2 Å². The van der Waals surface area contributed by atoms with Gasteiger partial charge in [-0.1, -0.05) is 55.8 Å². The van der Waals surface area contributed by atoms with E-state index in [1.54, 1.807) is 32.1 Å². The number of carbonyl (C=O) groups excluding carboxylic acids is 2. The van der Waals surface area contributed by atoms with Crippen molar-refractivity contribution in [1.29, 1.82) is 0 Å². The van der Waals surface area contributed by atoms with Gasteiger partial charge in [0.25, 0.3) is 0 Å². The molecule has 4 N–H and O–H groups in total. The number of hydrogen-bond donors (Lipinski definition) is 4. The first-order valence-electron chi connectivity index (χ1n) is 15.9. The first-order valence-corrected chi connectivity index (χ1v) is 15.9. The molecule has 4 aliphatic carbocycles. The summed E-state index contributed by atoms with van der Waals surface area (Å²) in [5.74, 6) is -1.86. The monoisotopic (exact) mass is 617 g/mol. The number of ether oxygens (including phenoxy) is 2. The normalized spacial score (nSPS) is 39.6. The minimum atomic E-state index is -1.91. The lowest BCUT2D eigenvalue weighted by Crippen LogP contribution is -2.78. The van der Waals surface area contributed by atoms with Crippen LogP contribution in [0.15, 0.2) is 72.6 Å². The molecule has 240 valence electrons. The van der Waals surface area contributed by atoms with Crippen molar-refractivity contribution in [2.45, 2.75) is 101 Å². The third kappa shape index (κ3) is 4.70. The number of nitrogens with zero attached hydrogens (tertiary/aromatic N) is 1. The van der Waals surface area contributed by atoms with Crippen LogP contribution in [-0.4, -0.2) is 72.5 Å². The van der Waals surface area contributed by atoms with Gasteiger partial charge in [0.15, 0.2) is 0 Å². The maximum atomic E-state index is 13.4. The van der Waals surface area contributed by atoms with Crippen LogP contribution in [0.3, 0.4) is 0 Å². The molecule has 0 unspecified atom stereocenters. The van der Waals surface area contributed by atoms with E-state index in [1.807, 2.05) is 36.4 Å². The smallest absolute Gasteiger partial charge is 0.340 e. The lowest BCUT2D eigenvalue weighted by molar-refractivity contribution is -0.326. The summed E-state index contributed by atoms with van der Waals surface area (Å²) in [6, 6.07) is 12.5. The summed E-state index contributed by atoms with van der Waals surface area (Å²) in [7, 11) is 0.